The molecule has 0 unspecified atom stereocenters. The van der Waals surface area contributed by atoms with Gasteiger partial charge >= 0.3 is 0 Å². The van der Waals surface area contributed by atoms with Gasteiger partial charge in [-0.25, -0.2) is 0 Å². The zero-order valence-corrected chi connectivity index (χ0v) is 18.4. The van der Waals surface area contributed by atoms with Gasteiger partial charge in [-0.2, -0.15) is 0 Å². The smallest absolute Gasteiger partial charge is 0.236 e. The molecule has 0 aromatic heterocycles. The summed E-state index contributed by atoms with van der Waals surface area (Å²) >= 11 is 0. The second kappa shape index (κ2) is 13.6. The second-order valence-electron chi connectivity index (χ2n) is 6.30. The van der Waals surface area contributed by atoms with Gasteiger partial charge in [-0.3, -0.25) is 0 Å². The van der Waals surface area contributed by atoms with Crippen molar-refractivity contribution in [2.75, 3.05) is 26.3 Å². The summed E-state index contributed by atoms with van der Waals surface area (Å²) in [6.45, 7) is 17.3. The van der Waals surface area contributed by atoms with Gasteiger partial charge < -0.3 is 14.2 Å². The summed E-state index contributed by atoms with van der Waals surface area (Å²) in [4.78, 5) is 0. The first-order valence-electron chi connectivity index (χ1n) is 9.56. The van der Waals surface area contributed by atoms with Gasteiger partial charge in [0.25, 0.3) is 0 Å². The van der Waals surface area contributed by atoms with E-state index in [0.29, 0.717) is 29.6 Å². The standard InChI is InChI=1S/C18H39NO2Si2/c1-7-17(8-2,22-20-11-5)13-15-19-16-14-18(9-3,10-4)23-21-12-6/h19H,7-16H2,1-6H3. The fraction of sp³-hybridized carbons (Fsp3) is 1.00. The molecule has 0 heterocycles. The van der Waals surface area contributed by atoms with Crippen LogP contribution in [0.1, 0.15) is 80.1 Å². The van der Waals surface area contributed by atoms with Crippen molar-refractivity contribution in [3.8, 4) is 0 Å². The van der Waals surface area contributed by atoms with Crippen LogP contribution in [0, 0.1) is 0 Å². The molecule has 1 N–H and O–H groups in total. The van der Waals surface area contributed by atoms with E-state index in [-0.39, 0.29) is 0 Å². The highest BCUT2D eigenvalue weighted by atomic mass is 28.2. The van der Waals surface area contributed by atoms with E-state index in [0.717, 1.165) is 26.3 Å². The maximum absolute atomic E-state index is 5.76. The molecule has 0 aliphatic heterocycles. The van der Waals surface area contributed by atoms with E-state index < -0.39 is 0 Å². The Labute approximate surface area is 150 Å². The Morgan fingerprint density at radius 2 is 1.00 bits per heavy atom. The fourth-order valence-corrected chi connectivity index (χ4v) is 4.76. The molecule has 0 fully saturated rings. The summed E-state index contributed by atoms with van der Waals surface area (Å²) in [6, 6.07) is 0. The summed E-state index contributed by atoms with van der Waals surface area (Å²) < 4.78 is 11.5. The first kappa shape index (κ1) is 23.3. The molecule has 0 atom stereocenters. The Bertz CT molecular complexity index is 244. The molecule has 0 aliphatic rings. The maximum atomic E-state index is 5.76. The number of nitrogens with one attached hydrogen (secondary N) is 1. The van der Waals surface area contributed by atoms with Crippen LogP contribution in [0.5, 0.6) is 0 Å². The van der Waals surface area contributed by atoms with Crippen LogP contribution in [-0.4, -0.2) is 45.8 Å². The molecule has 0 aromatic carbocycles. The van der Waals surface area contributed by atoms with E-state index in [4.69, 9.17) is 8.85 Å². The topological polar surface area (TPSA) is 30.5 Å². The van der Waals surface area contributed by atoms with Gasteiger partial charge in [0.15, 0.2) is 0 Å². The Balaban J connectivity index is 4.21. The molecular weight excluding hydrogens is 318 g/mol. The van der Waals surface area contributed by atoms with E-state index in [1.54, 1.807) is 0 Å². The highest BCUT2D eigenvalue weighted by Crippen LogP contribution is 2.38. The van der Waals surface area contributed by atoms with Crippen LogP contribution >= 0.6 is 0 Å². The third-order valence-electron chi connectivity index (χ3n) is 5.13. The van der Waals surface area contributed by atoms with E-state index in [2.05, 4.69) is 46.9 Å². The van der Waals surface area contributed by atoms with Gasteiger partial charge in [-0.15, -0.1) is 0 Å². The lowest BCUT2D eigenvalue weighted by atomic mass is 9.96. The molecule has 3 nitrogen and oxygen atoms in total. The average molecular weight is 358 g/mol. The summed E-state index contributed by atoms with van der Waals surface area (Å²) in [5, 5.41) is 4.44. The first-order chi connectivity index (χ1) is 11.1. The predicted octanol–water partition coefficient (Wildman–Crippen LogP) is 4.63. The summed E-state index contributed by atoms with van der Waals surface area (Å²) in [6.07, 6.45) is 7.29. The third kappa shape index (κ3) is 8.82. The van der Waals surface area contributed by atoms with Crippen LogP contribution in [0.2, 0.25) is 10.1 Å². The van der Waals surface area contributed by atoms with Gasteiger partial charge in [-0.05, 0) is 49.9 Å². The first-order valence-corrected chi connectivity index (χ1v) is 11.4. The van der Waals surface area contributed by atoms with Crippen molar-refractivity contribution in [2.24, 2.45) is 0 Å². The monoisotopic (exact) mass is 357 g/mol. The zero-order chi connectivity index (χ0) is 17.6. The van der Waals surface area contributed by atoms with Crippen molar-refractivity contribution in [2.45, 2.75) is 90.1 Å². The minimum Gasteiger partial charge on any atom is -0.417 e. The van der Waals surface area contributed by atoms with Crippen molar-refractivity contribution in [1.29, 1.82) is 0 Å². The van der Waals surface area contributed by atoms with Crippen molar-refractivity contribution < 1.29 is 8.85 Å². The lowest BCUT2D eigenvalue weighted by molar-refractivity contribution is 0.309. The van der Waals surface area contributed by atoms with E-state index in [9.17, 15) is 0 Å². The highest BCUT2D eigenvalue weighted by Gasteiger charge is 2.29. The van der Waals surface area contributed by atoms with Crippen molar-refractivity contribution in [3.05, 3.63) is 0 Å². The molecule has 0 rings (SSSR count). The molecule has 0 aromatic rings. The third-order valence-corrected chi connectivity index (χ3v) is 8.78. The van der Waals surface area contributed by atoms with Crippen LogP contribution in [0.4, 0.5) is 0 Å². The van der Waals surface area contributed by atoms with Crippen molar-refractivity contribution >= 4 is 19.5 Å². The van der Waals surface area contributed by atoms with Crippen molar-refractivity contribution in [3.63, 3.8) is 0 Å². The van der Waals surface area contributed by atoms with Crippen LogP contribution in [0.3, 0.4) is 0 Å². The zero-order valence-electron chi connectivity index (χ0n) is 16.4. The Morgan fingerprint density at radius 1 is 0.652 bits per heavy atom. The molecule has 136 valence electrons. The second-order valence-corrected chi connectivity index (χ2v) is 9.40. The molecule has 0 saturated carbocycles. The predicted molar refractivity (Wildman–Crippen MR) is 103 cm³/mol. The van der Waals surface area contributed by atoms with Gasteiger partial charge in [-0.1, -0.05) is 53.4 Å². The average Bonchev–Trinajstić information content (AvgIpc) is 2.60. The molecule has 23 heavy (non-hydrogen) atoms. The van der Waals surface area contributed by atoms with Gasteiger partial charge in [0.05, 0.1) is 0 Å². The largest absolute Gasteiger partial charge is 0.417 e. The minimum atomic E-state index is 0.378. The van der Waals surface area contributed by atoms with E-state index >= 15 is 0 Å². The molecule has 0 aliphatic carbocycles. The summed E-state index contributed by atoms with van der Waals surface area (Å²) in [7, 11) is 1.27. The van der Waals surface area contributed by atoms with E-state index in [1.807, 2.05) is 0 Å². The van der Waals surface area contributed by atoms with E-state index in [1.165, 1.54) is 38.5 Å². The molecular formula is C18H39NO2Si2. The summed E-state index contributed by atoms with van der Waals surface area (Å²) in [5.74, 6) is 0. The maximum Gasteiger partial charge on any atom is 0.236 e. The Morgan fingerprint density at radius 3 is 1.26 bits per heavy atom. The molecule has 0 amide bonds. The van der Waals surface area contributed by atoms with Crippen LogP contribution in [-0.2, 0) is 8.85 Å². The SMILES string of the molecule is CCO[Si]C(CC)(CC)CCNCCC(CC)(CC)[Si]OCC. The number of rotatable bonds is 16. The molecule has 0 bridgehead atoms. The van der Waals surface area contributed by atoms with Crippen LogP contribution in [0.15, 0.2) is 0 Å². The van der Waals surface area contributed by atoms with Gasteiger partial charge in [0, 0.05) is 13.2 Å². The summed E-state index contributed by atoms with van der Waals surface area (Å²) in [5.41, 5.74) is 0. The lowest BCUT2D eigenvalue weighted by Crippen LogP contribution is -2.31. The van der Waals surface area contributed by atoms with Gasteiger partial charge in [0.2, 0.25) is 19.5 Å². The Hall–Kier alpha value is 0.314. The minimum absolute atomic E-state index is 0.378. The van der Waals surface area contributed by atoms with Crippen LogP contribution in [0.25, 0.3) is 0 Å². The molecule has 0 spiro atoms. The highest BCUT2D eigenvalue weighted by molar-refractivity contribution is 6.32. The molecule has 5 heteroatoms. The normalized spacial score (nSPS) is 12.8. The quantitative estimate of drug-likeness (QED) is 0.323. The number of hydrogen-bond acceptors (Lipinski definition) is 3. The van der Waals surface area contributed by atoms with Crippen LogP contribution < -0.4 is 5.32 Å². The molecule has 4 radical (unpaired) electrons. The fourth-order valence-electron chi connectivity index (χ4n) is 2.83. The Kier molecular flexibility index (Phi) is 13.8. The van der Waals surface area contributed by atoms with Gasteiger partial charge in [0.1, 0.15) is 0 Å². The lowest BCUT2D eigenvalue weighted by Gasteiger charge is -2.31. The molecule has 0 saturated heterocycles. The number of hydrogen-bond donors (Lipinski definition) is 1. The van der Waals surface area contributed by atoms with Crippen molar-refractivity contribution in [1.82, 2.24) is 5.32 Å².